The van der Waals surface area contributed by atoms with Gasteiger partial charge in [0.25, 0.3) is 0 Å². The normalized spacial score (nSPS) is 10.4. The molecule has 7 heteroatoms. The van der Waals surface area contributed by atoms with Gasteiger partial charge in [-0.1, -0.05) is 5.16 Å². The van der Waals surface area contributed by atoms with Gasteiger partial charge in [-0.05, 0) is 22.0 Å². The molecule has 0 saturated carbocycles. The van der Waals surface area contributed by atoms with Crippen molar-refractivity contribution in [1.29, 1.82) is 0 Å². The van der Waals surface area contributed by atoms with Crippen LogP contribution in [0.25, 0.3) is 11.3 Å². The summed E-state index contributed by atoms with van der Waals surface area (Å²) in [6.45, 7) is 0. The van der Waals surface area contributed by atoms with E-state index in [1.807, 2.05) is 0 Å². The standard InChI is InChI=1S/C9H4BrFN2O3/c10-4-1-5(8(11)12-3-4)6-2-7(9(14)15)16-13-6/h1-3H,(H,14,15). The average Bonchev–Trinajstić information content (AvgIpc) is 2.70. The van der Waals surface area contributed by atoms with Crippen LogP contribution in [0.5, 0.6) is 0 Å². The van der Waals surface area contributed by atoms with Gasteiger partial charge in [-0.2, -0.15) is 4.39 Å². The van der Waals surface area contributed by atoms with E-state index in [0.717, 1.165) is 6.07 Å². The van der Waals surface area contributed by atoms with Crippen LogP contribution in [-0.2, 0) is 0 Å². The molecule has 0 amide bonds. The number of carboxylic acid groups (broad SMARTS) is 1. The third kappa shape index (κ3) is 1.94. The van der Waals surface area contributed by atoms with Crippen molar-refractivity contribution in [3.05, 3.63) is 34.5 Å². The minimum Gasteiger partial charge on any atom is -0.475 e. The molecule has 0 spiro atoms. The third-order valence-electron chi connectivity index (χ3n) is 1.80. The van der Waals surface area contributed by atoms with Crippen molar-refractivity contribution in [3.8, 4) is 11.3 Å². The molecule has 0 unspecified atom stereocenters. The molecule has 16 heavy (non-hydrogen) atoms. The van der Waals surface area contributed by atoms with Crippen molar-refractivity contribution >= 4 is 21.9 Å². The van der Waals surface area contributed by atoms with Crippen molar-refractivity contribution < 1.29 is 18.8 Å². The quantitative estimate of drug-likeness (QED) is 0.858. The van der Waals surface area contributed by atoms with Gasteiger partial charge in [0, 0.05) is 16.7 Å². The highest BCUT2D eigenvalue weighted by Gasteiger charge is 2.15. The zero-order chi connectivity index (χ0) is 11.7. The first-order valence-electron chi connectivity index (χ1n) is 4.09. The second-order valence-corrected chi connectivity index (χ2v) is 3.79. The van der Waals surface area contributed by atoms with Crippen LogP contribution in [-0.4, -0.2) is 21.2 Å². The Balaban J connectivity index is 2.50. The Morgan fingerprint density at radius 2 is 2.25 bits per heavy atom. The molecule has 0 aliphatic heterocycles. The molecular weight excluding hydrogens is 283 g/mol. The summed E-state index contributed by atoms with van der Waals surface area (Å²) in [6, 6.07) is 2.57. The van der Waals surface area contributed by atoms with E-state index in [9.17, 15) is 9.18 Å². The maximum absolute atomic E-state index is 13.3. The van der Waals surface area contributed by atoms with Gasteiger partial charge in [0.2, 0.25) is 11.7 Å². The van der Waals surface area contributed by atoms with Crippen LogP contribution in [0.15, 0.2) is 27.3 Å². The fourth-order valence-corrected chi connectivity index (χ4v) is 1.44. The van der Waals surface area contributed by atoms with Crippen LogP contribution in [0.2, 0.25) is 0 Å². The van der Waals surface area contributed by atoms with E-state index in [1.54, 1.807) is 0 Å². The zero-order valence-electron chi connectivity index (χ0n) is 7.65. The molecular formula is C9H4BrFN2O3. The first-order valence-corrected chi connectivity index (χ1v) is 4.88. The molecule has 0 aromatic carbocycles. The van der Waals surface area contributed by atoms with Crippen molar-refractivity contribution in [2.24, 2.45) is 0 Å². The number of rotatable bonds is 2. The first kappa shape index (κ1) is 10.7. The summed E-state index contributed by atoms with van der Waals surface area (Å²) in [6.07, 6.45) is 1.29. The van der Waals surface area contributed by atoms with Gasteiger partial charge in [-0.3, -0.25) is 0 Å². The molecule has 2 heterocycles. The highest BCUT2D eigenvalue weighted by atomic mass is 79.9. The summed E-state index contributed by atoms with van der Waals surface area (Å²) in [5.74, 6) is -2.36. The highest BCUT2D eigenvalue weighted by molar-refractivity contribution is 9.10. The number of nitrogens with zero attached hydrogens (tertiary/aromatic N) is 2. The van der Waals surface area contributed by atoms with Gasteiger partial charge in [0.05, 0.1) is 5.56 Å². The lowest BCUT2D eigenvalue weighted by Gasteiger charge is -1.97. The zero-order valence-corrected chi connectivity index (χ0v) is 9.23. The number of hydrogen-bond donors (Lipinski definition) is 1. The number of carboxylic acids is 1. The van der Waals surface area contributed by atoms with E-state index in [1.165, 1.54) is 12.3 Å². The molecule has 0 saturated heterocycles. The highest BCUT2D eigenvalue weighted by Crippen LogP contribution is 2.24. The maximum atomic E-state index is 13.3. The van der Waals surface area contributed by atoms with E-state index in [-0.39, 0.29) is 17.0 Å². The summed E-state index contributed by atoms with van der Waals surface area (Å²) >= 11 is 3.13. The SMILES string of the molecule is O=C(O)c1cc(-c2cc(Br)cnc2F)no1. The molecule has 1 N–H and O–H groups in total. The Hall–Kier alpha value is -1.76. The third-order valence-corrected chi connectivity index (χ3v) is 2.24. The van der Waals surface area contributed by atoms with Crippen molar-refractivity contribution in [2.75, 3.05) is 0 Å². The predicted molar refractivity (Wildman–Crippen MR) is 54.4 cm³/mol. The Morgan fingerprint density at radius 3 is 2.88 bits per heavy atom. The van der Waals surface area contributed by atoms with Crippen molar-refractivity contribution in [3.63, 3.8) is 0 Å². The Morgan fingerprint density at radius 1 is 1.50 bits per heavy atom. The van der Waals surface area contributed by atoms with Crippen molar-refractivity contribution in [1.82, 2.24) is 10.1 Å². The lowest BCUT2D eigenvalue weighted by Crippen LogP contribution is -1.92. The van der Waals surface area contributed by atoms with Crippen LogP contribution in [0.1, 0.15) is 10.6 Å². The van der Waals surface area contributed by atoms with E-state index < -0.39 is 11.9 Å². The average molecular weight is 287 g/mol. The van der Waals surface area contributed by atoms with Crippen molar-refractivity contribution in [2.45, 2.75) is 0 Å². The molecule has 82 valence electrons. The molecule has 5 nitrogen and oxygen atoms in total. The molecule has 0 radical (unpaired) electrons. The van der Waals surface area contributed by atoms with E-state index >= 15 is 0 Å². The lowest BCUT2D eigenvalue weighted by molar-refractivity contribution is 0.0652. The predicted octanol–water partition coefficient (Wildman–Crippen LogP) is 2.34. The topological polar surface area (TPSA) is 76.2 Å². The Bertz CT molecular complexity index is 555. The summed E-state index contributed by atoms with van der Waals surface area (Å²) in [5.41, 5.74) is 0.161. The second-order valence-electron chi connectivity index (χ2n) is 2.87. The molecule has 2 aromatic rings. The monoisotopic (exact) mass is 286 g/mol. The second kappa shape index (κ2) is 4.01. The molecule has 2 rings (SSSR count). The minimum atomic E-state index is -1.26. The maximum Gasteiger partial charge on any atom is 0.374 e. The van der Waals surface area contributed by atoms with Crippen LogP contribution in [0.4, 0.5) is 4.39 Å². The molecule has 0 fully saturated rings. The van der Waals surface area contributed by atoms with E-state index in [4.69, 9.17) is 5.11 Å². The van der Waals surface area contributed by atoms with Gasteiger partial charge >= 0.3 is 5.97 Å². The number of aromatic carboxylic acids is 1. The number of hydrogen-bond acceptors (Lipinski definition) is 4. The smallest absolute Gasteiger partial charge is 0.374 e. The van der Waals surface area contributed by atoms with Gasteiger partial charge < -0.3 is 9.63 Å². The summed E-state index contributed by atoms with van der Waals surface area (Å²) in [4.78, 5) is 14.0. The number of aromatic nitrogens is 2. The number of halogens is 2. The molecule has 2 aromatic heterocycles. The first-order chi connectivity index (χ1) is 7.58. The number of carbonyl (C=O) groups is 1. The van der Waals surface area contributed by atoms with Crippen LogP contribution in [0, 0.1) is 5.95 Å². The lowest BCUT2D eigenvalue weighted by atomic mass is 10.2. The number of pyridine rings is 1. The molecule has 0 atom stereocenters. The van der Waals surface area contributed by atoms with Crippen LogP contribution in [0.3, 0.4) is 0 Å². The fourth-order valence-electron chi connectivity index (χ4n) is 1.11. The van der Waals surface area contributed by atoms with E-state index in [0.29, 0.717) is 4.47 Å². The summed E-state index contributed by atoms with van der Waals surface area (Å²) in [5, 5.41) is 12.1. The Kier molecular flexibility index (Phi) is 2.69. The van der Waals surface area contributed by atoms with Gasteiger partial charge in [0.1, 0.15) is 5.69 Å². The fraction of sp³-hybridized carbons (Fsp3) is 0. The van der Waals surface area contributed by atoms with E-state index in [2.05, 4.69) is 30.6 Å². The molecule has 0 aliphatic rings. The molecule has 0 bridgehead atoms. The van der Waals surface area contributed by atoms with Crippen LogP contribution >= 0.6 is 15.9 Å². The minimum absolute atomic E-state index is 0.0747. The summed E-state index contributed by atoms with van der Waals surface area (Å²) in [7, 11) is 0. The molecule has 0 aliphatic carbocycles. The largest absolute Gasteiger partial charge is 0.475 e. The van der Waals surface area contributed by atoms with Gasteiger partial charge in [-0.25, -0.2) is 9.78 Å². The summed E-state index contributed by atoms with van der Waals surface area (Å²) < 4.78 is 18.4. The Labute approximate surface area is 97.0 Å². The van der Waals surface area contributed by atoms with Gasteiger partial charge in [0.15, 0.2) is 0 Å². The van der Waals surface area contributed by atoms with Crippen LogP contribution < -0.4 is 0 Å². The van der Waals surface area contributed by atoms with Gasteiger partial charge in [-0.15, -0.1) is 0 Å².